The monoisotopic (exact) mass is 304 g/mol. The molecule has 0 amide bonds. The third kappa shape index (κ3) is 4.34. The average Bonchev–Trinajstić information content (AvgIpc) is 2.26. The van der Waals surface area contributed by atoms with E-state index in [1.54, 1.807) is 6.07 Å². The maximum absolute atomic E-state index is 13.0. The molecule has 1 atom stereocenters. The van der Waals surface area contributed by atoms with E-state index in [4.69, 9.17) is 4.89 Å². The molecule has 0 aliphatic rings. The van der Waals surface area contributed by atoms with Crippen molar-refractivity contribution in [1.29, 1.82) is 0 Å². The van der Waals surface area contributed by atoms with E-state index >= 15 is 0 Å². The van der Waals surface area contributed by atoms with Gasteiger partial charge in [-0.15, -0.1) is 0 Å². The molecule has 0 saturated heterocycles. The molecule has 1 rings (SSSR count). The molecule has 0 N–H and O–H groups in total. The van der Waals surface area contributed by atoms with Gasteiger partial charge in [0.25, 0.3) is 0 Å². The Bertz CT molecular complexity index is 393. The Balaban J connectivity index is 2.75. The predicted octanol–water partition coefficient (Wildman–Crippen LogP) is 3.92. The first-order chi connectivity index (χ1) is 8.04. The molecular formula is C12H14BrFO3. The van der Waals surface area contributed by atoms with Crippen molar-refractivity contribution in [3.8, 4) is 5.75 Å². The Morgan fingerprint density at radius 2 is 2.24 bits per heavy atom. The number of halogens is 2. The minimum atomic E-state index is -0.468. The molecule has 0 aromatic heterocycles. The standard InChI is InChI=1S/C12H14BrFO3/c1-3-4-12(15)17-16-11-7-9(14)5-6-10(11)8(2)13/h5-8H,3-4H2,1-2H3. The molecule has 1 aromatic rings. The number of hydrogen-bond donors (Lipinski definition) is 0. The van der Waals surface area contributed by atoms with Crippen LogP contribution in [0.15, 0.2) is 18.2 Å². The number of hydrogen-bond acceptors (Lipinski definition) is 3. The van der Waals surface area contributed by atoms with Crippen LogP contribution in [0, 0.1) is 5.82 Å². The Morgan fingerprint density at radius 1 is 1.53 bits per heavy atom. The third-order valence-electron chi connectivity index (χ3n) is 2.08. The SMILES string of the molecule is CCCC(=O)OOc1cc(F)ccc1C(C)Br. The van der Waals surface area contributed by atoms with Gasteiger partial charge in [-0.1, -0.05) is 28.9 Å². The molecule has 3 nitrogen and oxygen atoms in total. The second kappa shape index (κ2) is 6.59. The van der Waals surface area contributed by atoms with Crippen molar-refractivity contribution >= 4 is 21.9 Å². The van der Waals surface area contributed by atoms with Gasteiger partial charge in [0.05, 0.1) is 0 Å². The topological polar surface area (TPSA) is 35.5 Å². The number of carbonyl (C=O) groups is 1. The molecule has 94 valence electrons. The highest BCUT2D eigenvalue weighted by atomic mass is 79.9. The Kier molecular flexibility index (Phi) is 5.41. The fourth-order valence-corrected chi connectivity index (χ4v) is 1.62. The second-order valence-electron chi connectivity index (χ2n) is 3.59. The highest BCUT2D eigenvalue weighted by Gasteiger charge is 2.13. The van der Waals surface area contributed by atoms with E-state index in [1.807, 2.05) is 13.8 Å². The molecule has 0 radical (unpaired) electrons. The van der Waals surface area contributed by atoms with Crippen molar-refractivity contribution in [2.24, 2.45) is 0 Å². The van der Waals surface area contributed by atoms with Crippen LogP contribution in [0.1, 0.15) is 37.1 Å². The average molecular weight is 305 g/mol. The molecule has 0 saturated carbocycles. The van der Waals surface area contributed by atoms with Crippen molar-refractivity contribution in [2.45, 2.75) is 31.5 Å². The smallest absolute Gasteiger partial charge is 0.287 e. The first-order valence-electron chi connectivity index (χ1n) is 5.35. The Morgan fingerprint density at radius 3 is 2.82 bits per heavy atom. The van der Waals surface area contributed by atoms with Crippen LogP contribution in [0.4, 0.5) is 4.39 Å². The summed E-state index contributed by atoms with van der Waals surface area (Å²) in [6, 6.07) is 4.10. The maximum atomic E-state index is 13.0. The van der Waals surface area contributed by atoms with Gasteiger partial charge in [0, 0.05) is 22.9 Å². The fourth-order valence-electron chi connectivity index (χ4n) is 1.25. The van der Waals surface area contributed by atoms with Crippen molar-refractivity contribution in [1.82, 2.24) is 0 Å². The van der Waals surface area contributed by atoms with Crippen molar-refractivity contribution in [3.63, 3.8) is 0 Å². The van der Waals surface area contributed by atoms with Crippen molar-refractivity contribution in [3.05, 3.63) is 29.6 Å². The van der Waals surface area contributed by atoms with Gasteiger partial charge >= 0.3 is 5.97 Å². The lowest BCUT2D eigenvalue weighted by Crippen LogP contribution is -2.08. The number of rotatable bonds is 5. The highest BCUT2D eigenvalue weighted by Crippen LogP contribution is 2.31. The first-order valence-corrected chi connectivity index (χ1v) is 6.27. The number of carbonyl (C=O) groups excluding carboxylic acids is 1. The molecule has 0 fully saturated rings. The van der Waals surface area contributed by atoms with Crippen LogP contribution in [0.2, 0.25) is 0 Å². The molecule has 0 bridgehead atoms. The van der Waals surface area contributed by atoms with Gasteiger partial charge in [-0.05, 0) is 19.4 Å². The lowest BCUT2D eigenvalue weighted by atomic mass is 10.1. The molecule has 5 heteroatoms. The predicted molar refractivity (Wildman–Crippen MR) is 65.4 cm³/mol. The first kappa shape index (κ1) is 14.0. The maximum Gasteiger partial charge on any atom is 0.355 e. The molecule has 17 heavy (non-hydrogen) atoms. The van der Waals surface area contributed by atoms with Crippen LogP contribution in [0.25, 0.3) is 0 Å². The minimum Gasteiger partial charge on any atom is -0.287 e. The molecule has 0 spiro atoms. The summed E-state index contributed by atoms with van der Waals surface area (Å²) >= 11 is 3.35. The van der Waals surface area contributed by atoms with E-state index in [-0.39, 0.29) is 17.0 Å². The van der Waals surface area contributed by atoms with Gasteiger partial charge in [-0.2, -0.15) is 0 Å². The van der Waals surface area contributed by atoms with Gasteiger partial charge in [0.1, 0.15) is 5.82 Å². The quantitative estimate of drug-likeness (QED) is 0.470. The van der Waals surface area contributed by atoms with Gasteiger partial charge in [0.15, 0.2) is 5.75 Å². The summed E-state index contributed by atoms with van der Waals surface area (Å²) in [5.74, 6) is -0.702. The summed E-state index contributed by atoms with van der Waals surface area (Å²) in [5, 5.41) is 0. The van der Waals surface area contributed by atoms with Crippen LogP contribution in [-0.4, -0.2) is 5.97 Å². The lowest BCUT2D eigenvalue weighted by Gasteiger charge is -2.11. The van der Waals surface area contributed by atoms with Gasteiger partial charge in [0.2, 0.25) is 0 Å². The Hall–Kier alpha value is -1.10. The van der Waals surface area contributed by atoms with Gasteiger partial charge in [-0.3, -0.25) is 9.78 Å². The van der Waals surface area contributed by atoms with Crippen LogP contribution in [0.3, 0.4) is 0 Å². The Labute approximate surface area is 108 Å². The normalized spacial score (nSPS) is 12.0. The molecule has 1 unspecified atom stereocenters. The summed E-state index contributed by atoms with van der Waals surface area (Å²) in [4.78, 5) is 20.6. The third-order valence-corrected chi connectivity index (χ3v) is 2.58. The van der Waals surface area contributed by atoms with Crippen molar-refractivity contribution < 1.29 is 19.0 Å². The summed E-state index contributed by atoms with van der Waals surface area (Å²) in [6.45, 7) is 3.73. The zero-order chi connectivity index (χ0) is 12.8. The summed E-state index contributed by atoms with van der Waals surface area (Å²) < 4.78 is 13.0. The summed E-state index contributed by atoms with van der Waals surface area (Å²) in [5.41, 5.74) is 0.718. The largest absolute Gasteiger partial charge is 0.355 e. The number of alkyl halides is 1. The summed E-state index contributed by atoms with van der Waals surface area (Å²) in [7, 11) is 0. The van der Waals surface area contributed by atoms with Crippen molar-refractivity contribution in [2.75, 3.05) is 0 Å². The molecule has 0 aliphatic carbocycles. The van der Waals surface area contributed by atoms with E-state index in [2.05, 4.69) is 20.8 Å². The number of benzene rings is 1. The van der Waals surface area contributed by atoms with E-state index < -0.39 is 11.8 Å². The molecular weight excluding hydrogens is 291 g/mol. The van der Waals surface area contributed by atoms with Crippen LogP contribution < -0.4 is 4.89 Å². The lowest BCUT2D eigenvalue weighted by molar-refractivity contribution is -0.214. The summed E-state index contributed by atoms with van der Waals surface area (Å²) in [6.07, 6.45) is 0.946. The molecule has 1 aromatic carbocycles. The minimum absolute atomic E-state index is 0.0250. The van der Waals surface area contributed by atoms with E-state index in [1.165, 1.54) is 12.1 Å². The van der Waals surface area contributed by atoms with E-state index in [0.29, 0.717) is 6.42 Å². The van der Waals surface area contributed by atoms with E-state index in [9.17, 15) is 9.18 Å². The van der Waals surface area contributed by atoms with Crippen LogP contribution in [-0.2, 0) is 9.68 Å². The molecule has 0 aliphatic heterocycles. The van der Waals surface area contributed by atoms with Gasteiger partial charge in [-0.25, -0.2) is 9.18 Å². The van der Waals surface area contributed by atoms with Crippen LogP contribution in [0.5, 0.6) is 5.75 Å². The zero-order valence-electron chi connectivity index (χ0n) is 9.70. The van der Waals surface area contributed by atoms with Gasteiger partial charge < -0.3 is 0 Å². The zero-order valence-corrected chi connectivity index (χ0v) is 11.3. The molecule has 0 heterocycles. The second-order valence-corrected chi connectivity index (χ2v) is 4.96. The highest BCUT2D eigenvalue weighted by molar-refractivity contribution is 9.09. The van der Waals surface area contributed by atoms with E-state index in [0.717, 1.165) is 5.56 Å². The fraction of sp³-hybridized carbons (Fsp3) is 0.417. The van der Waals surface area contributed by atoms with Crippen LogP contribution >= 0.6 is 15.9 Å².